The van der Waals surface area contributed by atoms with Gasteiger partial charge in [-0.15, -0.1) is 0 Å². The lowest BCUT2D eigenvalue weighted by Gasteiger charge is -2.04. The summed E-state index contributed by atoms with van der Waals surface area (Å²) >= 11 is 0. The summed E-state index contributed by atoms with van der Waals surface area (Å²) in [7, 11) is 0. The molecule has 0 radical (unpaired) electrons. The number of carbonyl (C=O) groups is 1. The molecule has 1 aromatic heterocycles. The molecule has 0 atom stereocenters. The van der Waals surface area contributed by atoms with E-state index in [0.717, 1.165) is 16.7 Å². The van der Waals surface area contributed by atoms with Gasteiger partial charge >= 0.3 is 0 Å². The van der Waals surface area contributed by atoms with E-state index in [4.69, 9.17) is 4.52 Å². The minimum Gasteiger partial charge on any atom is -0.356 e. The standard InChI is InChI=1S/C13H13NO2/c1-8-4-5-9(2)11(6-8)13-12(10(3)15)7-14-16-13/h4-7H,1-3H3. The van der Waals surface area contributed by atoms with E-state index in [9.17, 15) is 4.79 Å². The molecule has 82 valence electrons. The normalized spacial score (nSPS) is 10.4. The Bertz CT molecular complexity index is 541. The molecular weight excluding hydrogens is 202 g/mol. The van der Waals surface area contributed by atoms with Gasteiger partial charge in [0.15, 0.2) is 11.5 Å². The highest BCUT2D eigenvalue weighted by atomic mass is 16.5. The molecule has 2 aromatic rings. The third-order valence-corrected chi connectivity index (χ3v) is 2.59. The molecule has 0 saturated heterocycles. The van der Waals surface area contributed by atoms with Crippen molar-refractivity contribution in [2.45, 2.75) is 20.8 Å². The first-order chi connectivity index (χ1) is 7.59. The van der Waals surface area contributed by atoms with Crippen LogP contribution in [0.25, 0.3) is 11.3 Å². The summed E-state index contributed by atoms with van der Waals surface area (Å²) in [6.45, 7) is 5.51. The Balaban J connectivity index is 2.62. The Morgan fingerprint density at radius 2 is 2.06 bits per heavy atom. The van der Waals surface area contributed by atoms with Crippen molar-refractivity contribution in [3.05, 3.63) is 41.1 Å². The van der Waals surface area contributed by atoms with Crippen molar-refractivity contribution in [3.63, 3.8) is 0 Å². The average molecular weight is 215 g/mol. The van der Waals surface area contributed by atoms with Gasteiger partial charge in [-0.25, -0.2) is 0 Å². The van der Waals surface area contributed by atoms with Crippen LogP contribution in [0.1, 0.15) is 28.4 Å². The van der Waals surface area contributed by atoms with Crippen molar-refractivity contribution < 1.29 is 9.32 Å². The first-order valence-electron chi connectivity index (χ1n) is 5.13. The molecule has 0 aliphatic carbocycles. The van der Waals surface area contributed by atoms with Crippen molar-refractivity contribution in [1.29, 1.82) is 0 Å². The zero-order valence-corrected chi connectivity index (χ0v) is 9.57. The van der Waals surface area contributed by atoms with Crippen LogP contribution in [-0.2, 0) is 0 Å². The predicted octanol–water partition coefficient (Wildman–Crippen LogP) is 3.16. The number of hydrogen-bond acceptors (Lipinski definition) is 3. The molecule has 0 bridgehead atoms. The topological polar surface area (TPSA) is 43.1 Å². The molecule has 3 heteroatoms. The highest BCUT2D eigenvalue weighted by Crippen LogP contribution is 2.27. The fourth-order valence-electron chi connectivity index (χ4n) is 1.67. The summed E-state index contributed by atoms with van der Waals surface area (Å²) in [5.74, 6) is 0.533. The van der Waals surface area contributed by atoms with E-state index in [1.54, 1.807) is 0 Å². The van der Waals surface area contributed by atoms with E-state index >= 15 is 0 Å². The van der Waals surface area contributed by atoms with Crippen LogP contribution in [0, 0.1) is 13.8 Å². The van der Waals surface area contributed by atoms with Gasteiger partial charge in [0.2, 0.25) is 0 Å². The van der Waals surface area contributed by atoms with Gasteiger partial charge in [0.25, 0.3) is 0 Å². The Morgan fingerprint density at radius 1 is 1.31 bits per heavy atom. The molecular formula is C13H13NO2. The minimum absolute atomic E-state index is 0.0304. The molecule has 0 aliphatic rings. The number of aryl methyl sites for hydroxylation is 2. The summed E-state index contributed by atoms with van der Waals surface area (Å²) in [6.07, 6.45) is 1.47. The second-order valence-corrected chi connectivity index (χ2v) is 3.94. The van der Waals surface area contributed by atoms with E-state index in [1.165, 1.54) is 13.1 Å². The molecule has 1 aromatic carbocycles. The van der Waals surface area contributed by atoms with Gasteiger partial charge in [-0.3, -0.25) is 4.79 Å². The smallest absolute Gasteiger partial charge is 0.177 e. The van der Waals surface area contributed by atoms with Crippen molar-refractivity contribution in [3.8, 4) is 11.3 Å². The monoisotopic (exact) mass is 215 g/mol. The Labute approximate surface area is 94.1 Å². The van der Waals surface area contributed by atoms with Gasteiger partial charge < -0.3 is 4.52 Å². The highest BCUT2D eigenvalue weighted by molar-refractivity contribution is 5.99. The van der Waals surface area contributed by atoms with Crippen LogP contribution in [0.3, 0.4) is 0 Å². The second-order valence-electron chi connectivity index (χ2n) is 3.94. The number of Topliss-reactive ketones (excluding diaryl/α,β-unsaturated/α-hetero) is 1. The van der Waals surface area contributed by atoms with Gasteiger partial charge in [0.1, 0.15) is 0 Å². The molecule has 0 unspecified atom stereocenters. The van der Waals surface area contributed by atoms with Crippen molar-refractivity contribution in [2.75, 3.05) is 0 Å². The first kappa shape index (κ1) is 10.6. The van der Waals surface area contributed by atoms with Gasteiger partial charge in [-0.1, -0.05) is 22.9 Å². The molecule has 1 heterocycles. The van der Waals surface area contributed by atoms with Gasteiger partial charge in [-0.2, -0.15) is 0 Å². The number of carbonyl (C=O) groups excluding carboxylic acids is 1. The summed E-state index contributed by atoms with van der Waals surface area (Å²) in [4.78, 5) is 11.4. The van der Waals surface area contributed by atoms with Gasteiger partial charge in [0, 0.05) is 5.56 Å². The molecule has 0 aliphatic heterocycles. The first-order valence-corrected chi connectivity index (χ1v) is 5.13. The van der Waals surface area contributed by atoms with E-state index in [1.807, 2.05) is 32.0 Å². The number of benzene rings is 1. The second kappa shape index (κ2) is 3.93. The Morgan fingerprint density at radius 3 is 2.75 bits per heavy atom. The number of hydrogen-bond donors (Lipinski definition) is 0. The summed E-state index contributed by atoms with van der Waals surface area (Å²) < 4.78 is 5.18. The minimum atomic E-state index is -0.0304. The van der Waals surface area contributed by atoms with Gasteiger partial charge in [0.05, 0.1) is 11.8 Å². The molecule has 3 nitrogen and oxygen atoms in total. The number of ketones is 1. The Hall–Kier alpha value is -1.90. The molecule has 0 fully saturated rings. The number of nitrogens with zero attached hydrogens (tertiary/aromatic N) is 1. The summed E-state index contributed by atoms with van der Waals surface area (Å²) in [5.41, 5.74) is 3.67. The zero-order chi connectivity index (χ0) is 11.7. The maximum absolute atomic E-state index is 11.4. The van der Waals surface area contributed by atoms with E-state index in [-0.39, 0.29) is 5.78 Å². The molecule has 0 amide bonds. The van der Waals surface area contributed by atoms with Crippen LogP contribution in [0.2, 0.25) is 0 Å². The van der Waals surface area contributed by atoms with Crippen molar-refractivity contribution in [1.82, 2.24) is 5.16 Å². The third-order valence-electron chi connectivity index (χ3n) is 2.59. The van der Waals surface area contributed by atoms with E-state index in [0.29, 0.717) is 11.3 Å². The Kier molecular flexibility index (Phi) is 2.60. The molecule has 16 heavy (non-hydrogen) atoms. The lowest BCUT2D eigenvalue weighted by molar-refractivity contribution is 0.101. The van der Waals surface area contributed by atoms with Crippen LogP contribution in [-0.4, -0.2) is 10.9 Å². The maximum atomic E-state index is 11.4. The lowest BCUT2D eigenvalue weighted by atomic mass is 10.00. The SMILES string of the molecule is CC(=O)c1cnoc1-c1cc(C)ccc1C. The van der Waals surface area contributed by atoms with Crippen LogP contribution < -0.4 is 0 Å². The fraction of sp³-hybridized carbons (Fsp3) is 0.231. The van der Waals surface area contributed by atoms with Crippen LogP contribution in [0.5, 0.6) is 0 Å². The fourth-order valence-corrected chi connectivity index (χ4v) is 1.67. The molecule has 0 saturated carbocycles. The molecule has 0 spiro atoms. The molecule has 0 N–H and O–H groups in total. The lowest BCUT2D eigenvalue weighted by Crippen LogP contribution is -1.93. The molecule has 2 rings (SSSR count). The zero-order valence-electron chi connectivity index (χ0n) is 9.57. The maximum Gasteiger partial charge on any atom is 0.177 e. The van der Waals surface area contributed by atoms with E-state index < -0.39 is 0 Å². The van der Waals surface area contributed by atoms with Crippen LogP contribution >= 0.6 is 0 Å². The van der Waals surface area contributed by atoms with E-state index in [2.05, 4.69) is 5.16 Å². The predicted molar refractivity (Wildman–Crippen MR) is 61.4 cm³/mol. The number of aromatic nitrogens is 1. The van der Waals surface area contributed by atoms with Crippen LogP contribution in [0.15, 0.2) is 28.9 Å². The van der Waals surface area contributed by atoms with Crippen molar-refractivity contribution in [2.24, 2.45) is 0 Å². The highest BCUT2D eigenvalue weighted by Gasteiger charge is 2.16. The average Bonchev–Trinajstić information content (AvgIpc) is 2.70. The summed E-state index contributed by atoms with van der Waals surface area (Å²) in [5, 5.41) is 3.69. The van der Waals surface area contributed by atoms with Gasteiger partial charge in [-0.05, 0) is 32.4 Å². The van der Waals surface area contributed by atoms with Crippen molar-refractivity contribution >= 4 is 5.78 Å². The van der Waals surface area contributed by atoms with Crippen LogP contribution in [0.4, 0.5) is 0 Å². The number of rotatable bonds is 2. The summed E-state index contributed by atoms with van der Waals surface area (Å²) in [6, 6.07) is 6.04. The third kappa shape index (κ3) is 1.76. The largest absolute Gasteiger partial charge is 0.356 e. The quantitative estimate of drug-likeness (QED) is 0.723.